The fourth-order valence-electron chi connectivity index (χ4n) is 0.363. The lowest BCUT2D eigenvalue weighted by molar-refractivity contribution is 0.243. The van der Waals surface area contributed by atoms with Crippen LogP contribution in [0.2, 0.25) is 0 Å². The number of hydrogen-bond donors (Lipinski definition) is 3. The zero-order valence-corrected chi connectivity index (χ0v) is 6.31. The Kier molecular flexibility index (Phi) is 4.55. The van der Waals surface area contributed by atoms with Crippen LogP contribution in [0.3, 0.4) is 0 Å². The van der Waals surface area contributed by atoms with Crippen molar-refractivity contribution in [1.82, 2.24) is 10.6 Å². The summed E-state index contributed by atoms with van der Waals surface area (Å²) < 4.78 is 4.39. The van der Waals surface area contributed by atoms with Gasteiger partial charge in [-0.05, 0) is 0 Å². The van der Waals surface area contributed by atoms with E-state index in [-0.39, 0.29) is 6.02 Å². The number of hydrogen-bond acceptors (Lipinski definition) is 3. The van der Waals surface area contributed by atoms with Crippen molar-refractivity contribution < 1.29 is 9.53 Å². The molecule has 2 amide bonds. The molecule has 0 saturated heterocycles. The van der Waals surface area contributed by atoms with E-state index in [1.807, 2.05) is 0 Å². The first-order chi connectivity index (χ1) is 5.20. The van der Waals surface area contributed by atoms with Crippen LogP contribution >= 0.6 is 0 Å². The predicted molar refractivity (Wildman–Crippen MR) is 41.5 cm³/mol. The second-order valence-electron chi connectivity index (χ2n) is 1.66. The Morgan fingerprint density at radius 3 is 2.91 bits per heavy atom. The van der Waals surface area contributed by atoms with Gasteiger partial charge in [0.25, 0.3) is 6.02 Å². The lowest BCUT2D eigenvalue weighted by Gasteiger charge is -2.04. The van der Waals surface area contributed by atoms with Crippen LogP contribution < -0.4 is 10.6 Å². The molecule has 0 aromatic rings. The number of amides is 2. The molecule has 5 heteroatoms. The van der Waals surface area contributed by atoms with Crippen molar-refractivity contribution in [2.45, 2.75) is 0 Å². The molecule has 0 aliphatic carbocycles. The molecule has 0 aromatic carbocycles. The molecule has 0 radical (unpaired) electrons. The van der Waals surface area contributed by atoms with Gasteiger partial charge >= 0.3 is 6.03 Å². The molecule has 0 fully saturated rings. The average Bonchev–Trinajstić information content (AvgIpc) is 2.00. The summed E-state index contributed by atoms with van der Waals surface area (Å²) in [5.41, 5.74) is 0. The van der Waals surface area contributed by atoms with E-state index >= 15 is 0 Å². The second kappa shape index (κ2) is 5.28. The van der Waals surface area contributed by atoms with Crippen molar-refractivity contribution in [2.75, 3.05) is 13.7 Å². The van der Waals surface area contributed by atoms with Gasteiger partial charge in [0.15, 0.2) is 0 Å². The van der Waals surface area contributed by atoms with Gasteiger partial charge in [-0.15, -0.1) is 6.58 Å². The largest absolute Gasteiger partial charge is 0.468 e. The Labute approximate surface area is 64.9 Å². The van der Waals surface area contributed by atoms with Crippen molar-refractivity contribution in [3.8, 4) is 0 Å². The smallest absolute Gasteiger partial charge is 0.323 e. The Hall–Kier alpha value is -1.52. The Morgan fingerprint density at radius 1 is 1.82 bits per heavy atom. The van der Waals surface area contributed by atoms with Gasteiger partial charge in [-0.25, -0.2) is 4.79 Å². The molecule has 0 aliphatic rings. The van der Waals surface area contributed by atoms with E-state index in [0.717, 1.165) is 0 Å². The SMILES string of the molecule is C=CCNC(=O)NC(=N)OC. The molecule has 0 aromatic heterocycles. The van der Waals surface area contributed by atoms with Crippen LogP contribution in [-0.4, -0.2) is 25.7 Å². The van der Waals surface area contributed by atoms with E-state index in [0.29, 0.717) is 6.54 Å². The van der Waals surface area contributed by atoms with Crippen LogP contribution in [-0.2, 0) is 4.74 Å². The number of methoxy groups -OCH3 is 1. The van der Waals surface area contributed by atoms with E-state index in [1.54, 1.807) is 0 Å². The van der Waals surface area contributed by atoms with Crippen molar-refractivity contribution in [1.29, 1.82) is 5.41 Å². The average molecular weight is 157 g/mol. The Bertz CT molecular complexity index is 167. The van der Waals surface area contributed by atoms with Gasteiger partial charge < -0.3 is 10.1 Å². The molecule has 62 valence electrons. The molecule has 0 unspecified atom stereocenters. The van der Waals surface area contributed by atoms with Gasteiger partial charge in [0.2, 0.25) is 0 Å². The first-order valence-corrected chi connectivity index (χ1v) is 2.99. The van der Waals surface area contributed by atoms with Crippen LogP contribution in [0.1, 0.15) is 0 Å². The van der Waals surface area contributed by atoms with Gasteiger partial charge in [0.05, 0.1) is 7.11 Å². The monoisotopic (exact) mass is 157 g/mol. The first-order valence-electron chi connectivity index (χ1n) is 2.99. The molecule has 0 spiro atoms. The van der Waals surface area contributed by atoms with Crippen molar-refractivity contribution >= 4 is 12.1 Å². The van der Waals surface area contributed by atoms with E-state index in [4.69, 9.17) is 5.41 Å². The van der Waals surface area contributed by atoms with Crippen LogP contribution in [0.5, 0.6) is 0 Å². The van der Waals surface area contributed by atoms with Gasteiger partial charge in [-0.1, -0.05) is 6.08 Å². The molecule has 0 aliphatic heterocycles. The maximum Gasteiger partial charge on any atom is 0.323 e. The second-order valence-corrected chi connectivity index (χ2v) is 1.66. The number of carbonyl (C=O) groups excluding carboxylic acids is 1. The number of urea groups is 1. The fraction of sp³-hybridized carbons (Fsp3) is 0.333. The molecule has 5 nitrogen and oxygen atoms in total. The molecule has 0 bridgehead atoms. The molecular formula is C6H11N3O2. The molecule has 0 heterocycles. The number of ether oxygens (including phenoxy) is 1. The van der Waals surface area contributed by atoms with Crippen LogP contribution in [0.4, 0.5) is 4.79 Å². The predicted octanol–water partition coefficient (Wildman–Crippen LogP) is 0.0528. The lowest BCUT2D eigenvalue weighted by Crippen LogP contribution is -2.39. The van der Waals surface area contributed by atoms with E-state index in [1.165, 1.54) is 13.2 Å². The van der Waals surface area contributed by atoms with Crippen molar-refractivity contribution in [3.63, 3.8) is 0 Å². The van der Waals surface area contributed by atoms with Crippen molar-refractivity contribution in [3.05, 3.63) is 12.7 Å². The zero-order valence-electron chi connectivity index (χ0n) is 6.31. The van der Waals surface area contributed by atoms with E-state index in [2.05, 4.69) is 21.9 Å². The molecule has 3 N–H and O–H groups in total. The van der Waals surface area contributed by atoms with Crippen LogP contribution in [0.15, 0.2) is 12.7 Å². The highest BCUT2D eigenvalue weighted by atomic mass is 16.5. The Balaban J connectivity index is 3.51. The zero-order chi connectivity index (χ0) is 8.69. The maximum absolute atomic E-state index is 10.7. The number of nitrogens with one attached hydrogen (secondary N) is 3. The standard InChI is InChI=1S/C6H11N3O2/c1-3-4-8-6(10)9-5(7)11-2/h3H,1,4H2,2H3,(H3,7,8,9,10). The summed E-state index contributed by atoms with van der Waals surface area (Å²) in [7, 11) is 1.30. The van der Waals surface area contributed by atoms with Crippen LogP contribution in [0.25, 0.3) is 0 Å². The van der Waals surface area contributed by atoms with Crippen LogP contribution in [0, 0.1) is 5.41 Å². The third-order valence-corrected chi connectivity index (χ3v) is 0.838. The fourth-order valence-corrected chi connectivity index (χ4v) is 0.363. The highest BCUT2D eigenvalue weighted by molar-refractivity contribution is 5.91. The van der Waals surface area contributed by atoms with Gasteiger partial charge in [-0.3, -0.25) is 10.7 Å². The molecule has 11 heavy (non-hydrogen) atoms. The molecule has 0 rings (SSSR count). The maximum atomic E-state index is 10.7. The Morgan fingerprint density at radius 2 is 2.45 bits per heavy atom. The lowest BCUT2D eigenvalue weighted by atomic mass is 10.6. The molecule has 0 atom stereocenters. The van der Waals surface area contributed by atoms with Crippen molar-refractivity contribution in [2.24, 2.45) is 0 Å². The van der Waals surface area contributed by atoms with E-state index < -0.39 is 6.03 Å². The molecule has 0 saturated carbocycles. The number of amidine groups is 1. The highest BCUT2D eigenvalue weighted by Gasteiger charge is 2.00. The van der Waals surface area contributed by atoms with Gasteiger partial charge in [-0.2, -0.15) is 0 Å². The summed E-state index contributed by atoms with van der Waals surface area (Å²) in [5, 5.41) is 11.4. The molecular weight excluding hydrogens is 146 g/mol. The third-order valence-electron chi connectivity index (χ3n) is 0.838. The summed E-state index contributed by atoms with van der Waals surface area (Å²) in [6, 6.07) is -0.761. The normalized spacial score (nSPS) is 8.09. The first kappa shape index (κ1) is 9.48. The summed E-state index contributed by atoms with van der Waals surface area (Å²) >= 11 is 0. The highest BCUT2D eigenvalue weighted by Crippen LogP contribution is 1.69. The summed E-state index contributed by atoms with van der Waals surface area (Å²) in [4.78, 5) is 10.7. The number of carbonyl (C=O) groups is 1. The summed E-state index contributed by atoms with van der Waals surface area (Å²) in [6.45, 7) is 3.77. The van der Waals surface area contributed by atoms with Gasteiger partial charge in [0.1, 0.15) is 0 Å². The summed E-state index contributed by atoms with van der Waals surface area (Å²) in [5.74, 6) is 0. The minimum Gasteiger partial charge on any atom is -0.468 e. The third kappa shape index (κ3) is 4.95. The van der Waals surface area contributed by atoms with Gasteiger partial charge in [0, 0.05) is 6.54 Å². The number of rotatable bonds is 2. The summed E-state index contributed by atoms with van der Waals surface area (Å²) in [6.07, 6.45) is 1.54. The quantitative estimate of drug-likeness (QED) is 0.301. The van der Waals surface area contributed by atoms with E-state index in [9.17, 15) is 4.79 Å². The topological polar surface area (TPSA) is 74.2 Å². The minimum atomic E-state index is -0.475. The minimum absolute atomic E-state index is 0.286.